The molecule has 0 spiro atoms. The van der Waals surface area contributed by atoms with Crippen LogP contribution in [0.2, 0.25) is 0 Å². The summed E-state index contributed by atoms with van der Waals surface area (Å²) in [5.41, 5.74) is 1.32. The summed E-state index contributed by atoms with van der Waals surface area (Å²) < 4.78 is 11.2. The highest BCUT2D eigenvalue weighted by molar-refractivity contribution is 8.76. The van der Waals surface area contributed by atoms with Crippen molar-refractivity contribution in [2.75, 3.05) is 56.8 Å². The highest BCUT2D eigenvalue weighted by atomic mass is 33.1. The van der Waals surface area contributed by atoms with Gasteiger partial charge in [0, 0.05) is 48.2 Å². The van der Waals surface area contributed by atoms with Crippen molar-refractivity contribution in [2.24, 2.45) is 10.8 Å². The van der Waals surface area contributed by atoms with Gasteiger partial charge in [-0.3, -0.25) is 9.59 Å². The van der Waals surface area contributed by atoms with Gasteiger partial charge in [-0.05, 0) is 25.0 Å². The maximum absolute atomic E-state index is 12.9. The average molecular weight is 571 g/mol. The fourth-order valence-corrected chi connectivity index (χ4v) is 5.93. The molecule has 0 bridgehead atoms. The van der Waals surface area contributed by atoms with Gasteiger partial charge in [0.15, 0.2) is 0 Å². The van der Waals surface area contributed by atoms with Crippen LogP contribution in [0.3, 0.4) is 0 Å². The van der Waals surface area contributed by atoms with Crippen molar-refractivity contribution in [1.82, 2.24) is 5.32 Å². The molecule has 9 heteroatoms. The van der Waals surface area contributed by atoms with Crippen LogP contribution in [0.15, 0.2) is 24.3 Å². The summed E-state index contributed by atoms with van der Waals surface area (Å²) in [6, 6.07) is 7.69. The number of hydrogen-bond acceptors (Lipinski definition) is 7. The van der Waals surface area contributed by atoms with E-state index in [9.17, 15) is 9.59 Å². The summed E-state index contributed by atoms with van der Waals surface area (Å²) in [5, 5.41) is 15.2. The van der Waals surface area contributed by atoms with Crippen molar-refractivity contribution in [1.29, 1.82) is 0 Å². The number of amides is 1. The fraction of sp³-hybridized carbons (Fsp3) is 0.724. The van der Waals surface area contributed by atoms with Crippen LogP contribution in [0.1, 0.15) is 83.0 Å². The summed E-state index contributed by atoms with van der Waals surface area (Å²) >= 11 is 0. The second-order valence-electron chi connectivity index (χ2n) is 11.3. The Morgan fingerprint density at radius 3 is 2.21 bits per heavy atom. The van der Waals surface area contributed by atoms with Gasteiger partial charge in [-0.15, -0.1) is 0 Å². The van der Waals surface area contributed by atoms with Crippen LogP contribution in [0.5, 0.6) is 0 Å². The minimum Gasteiger partial charge on any atom is -0.481 e. The van der Waals surface area contributed by atoms with Crippen LogP contribution >= 0.6 is 21.6 Å². The minimum atomic E-state index is -0.723. The predicted octanol–water partition coefficient (Wildman–Crippen LogP) is 6.74. The first-order valence-corrected chi connectivity index (χ1v) is 16.2. The van der Waals surface area contributed by atoms with E-state index in [2.05, 4.69) is 38.3 Å². The molecule has 1 amide bonds. The van der Waals surface area contributed by atoms with Crippen molar-refractivity contribution in [3.8, 4) is 0 Å². The molecule has 0 unspecified atom stereocenters. The first kappa shape index (κ1) is 34.6. The molecule has 3 N–H and O–H groups in total. The number of carboxylic acid groups (broad SMARTS) is 1. The van der Waals surface area contributed by atoms with Gasteiger partial charge in [-0.1, -0.05) is 87.1 Å². The smallest absolute Gasteiger partial charge is 0.304 e. The summed E-state index contributed by atoms with van der Waals surface area (Å²) in [5.74, 6) is 0.972. The Morgan fingerprint density at radius 2 is 1.50 bits per heavy atom. The Hall–Kier alpha value is -1.42. The number of unbranched alkanes of at least 4 members (excludes halogenated alkanes) is 5. The molecule has 7 nitrogen and oxygen atoms in total. The zero-order chi connectivity index (χ0) is 28.3. The molecule has 0 atom stereocenters. The third kappa shape index (κ3) is 17.2. The maximum atomic E-state index is 12.9. The highest BCUT2D eigenvalue weighted by Gasteiger charge is 2.24. The number of methoxy groups -OCH3 is 1. The first-order chi connectivity index (χ1) is 18.1. The van der Waals surface area contributed by atoms with Gasteiger partial charge in [0.25, 0.3) is 5.91 Å². The summed E-state index contributed by atoms with van der Waals surface area (Å²) in [7, 11) is 5.14. The summed E-state index contributed by atoms with van der Waals surface area (Å²) in [6.45, 7) is 11.6. The summed E-state index contributed by atoms with van der Waals surface area (Å²) in [4.78, 5) is 23.4. The van der Waals surface area contributed by atoms with E-state index in [0.29, 0.717) is 37.7 Å². The second kappa shape index (κ2) is 19.6. The summed E-state index contributed by atoms with van der Waals surface area (Å²) in [6.07, 6.45) is 7.30. The lowest BCUT2D eigenvalue weighted by Gasteiger charge is -2.29. The van der Waals surface area contributed by atoms with E-state index in [0.717, 1.165) is 30.8 Å². The SMILES string of the molecule is COCC(C)(C)COCC(C)(C)CNC(=O)c1ccccc1NCCCCCCCCSSCCC(=O)O. The van der Waals surface area contributed by atoms with E-state index >= 15 is 0 Å². The number of benzene rings is 1. The Bertz CT molecular complexity index is 805. The number of carbonyl (C=O) groups excluding carboxylic acids is 1. The Morgan fingerprint density at radius 1 is 0.868 bits per heavy atom. The molecule has 0 saturated carbocycles. The maximum Gasteiger partial charge on any atom is 0.304 e. The molecule has 0 heterocycles. The van der Waals surface area contributed by atoms with Gasteiger partial charge < -0.3 is 25.2 Å². The number of carbonyl (C=O) groups is 2. The van der Waals surface area contributed by atoms with Crippen LogP contribution in [0.25, 0.3) is 0 Å². The van der Waals surface area contributed by atoms with Crippen molar-refractivity contribution < 1.29 is 24.2 Å². The number of carboxylic acids is 1. The molecule has 0 fully saturated rings. The lowest BCUT2D eigenvalue weighted by molar-refractivity contribution is -0.136. The van der Waals surface area contributed by atoms with Gasteiger partial charge in [0.1, 0.15) is 0 Å². The van der Waals surface area contributed by atoms with Crippen LogP contribution in [0.4, 0.5) is 5.69 Å². The standard InChI is InChI=1S/C29H50N2O5S2/c1-28(2,22-36-23-29(3,4)21-35-5)20-31-27(34)24-14-10-11-15-25(24)30-17-12-8-6-7-9-13-18-37-38-19-16-26(32)33/h10-11,14-15,30H,6-9,12-13,16-23H2,1-5H3,(H,31,34)(H,32,33). The van der Waals surface area contributed by atoms with E-state index in [-0.39, 0.29) is 23.2 Å². The number of rotatable bonds is 23. The van der Waals surface area contributed by atoms with Crippen molar-refractivity contribution in [3.63, 3.8) is 0 Å². The molecule has 38 heavy (non-hydrogen) atoms. The van der Waals surface area contributed by atoms with Crippen LogP contribution in [-0.4, -0.2) is 68.5 Å². The Labute approximate surface area is 238 Å². The molecule has 1 aromatic rings. The molecule has 218 valence electrons. The van der Waals surface area contributed by atoms with Gasteiger partial charge in [0.2, 0.25) is 0 Å². The lowest BCUT2D eigenvalue weighted by atomic mass is 9.93. The predicted molar refractivity (Wildman–Crippen MR) is 162 cm³/mol. The van der Waals surface area contributed by atoms with Gasteiger partial charge in [0.05, 0.1) is 31.8 Å². The van der Waals surface area contributed by atoms with Crippen LogP contribution in [0, 0.1) is 10.8 Å². The molecule has 0 saturated heterocycles. The molecular weight excluding hydrogens is 520 g/mol. The fourth-order valence-electron chi connectivity index (χ4n) is 3.80. The van der Waals surface area contributed by atoms with Crippen LogP contribution in [-0.2, 0) is 14.3 Å². The van der Waals surface area contributed by atoms with Gasteiger partial charge in [-0.2, -0.15) is 0 Å². The molecule has 0 radical (unpaired) electrons. The third-order valence-corrected chi connectivity index (χ3v) is 8.37. The highest BCUT2D eigenvalue weighted by Crippen LogP contribution is 2.24. The quantitative estimate of drug-likeness (QED) is 0.0983. The second-order valence-corrected chi connectivity index (χ2v) is 14.0. The van der Waals surface area contributed by atoms with E-state index < -0.39 is 5.97 Å². The van der Waals surface area contributed by atoms with Gasteiger partial charge in [-0.25, -0.2) is 0 Å². The number of ether oxygens (including phenoxy) is 2. The Kier molecular flexibility index (Phi) is 17.9. The zero-order valence-electron chi connectivity index (χ0n) is 24.1. The molecule has 1 rings (SSSR count). The third-order valence-electron chi connectivity index (χ3n) is 5.87. The first-order valence-electron chi connectivity index (χ1n) is 13.7. The molecule has 0 aliphatic rings. The van der Waals surface area contributed by atoms with E-state index in [1.54, 1.807) is 28.7 Å². The number of hydrogen-bond donors (Lipinski definition) is 3. The normalized spacial score (nSPS) is 11.9. The van der Waals surface area contributed by atoms with E-state index in [1.807, 2.05) is 24.3 Å². The lowest BCUT2D eigenvalue weighted by Crippen LogP contribution is -2.38. The molecule has 0 aliphatic heterocycles. The molecular formula is C29H50N2O5S2. The van der Waals surface area contributed by atoms with Crippen molar-refractivity contribution in [2.45, 2.75) is 72.6 Å². The monoisotopic (exact) mass is 570 g/mol. The molecule has 1 aromatic carbocycles. The number of anilines is 1. The van der Waals surface area contributed by atoms with E-state index in [1.165, 1.54) is 25.7 Å². The average Bonchev–Trinajstić information content (AvgIpc) is 2.85. The molecule has 0 aromatic heterocycles. The molecule has 0 aliphatic carbocycles. The zero-order valence-corrected chi connectivity index (χ0v) is 25.7. The van der Waals surface area contributed by atoms with Crippen molar-refractivity contribution in [3.05, 3.63) is 29.8 Å². The van der Waals surface area contributed by atoms with Crippen molar-refractivity contribution >= 4 is 39.2 Å². The van der Waals surface area contributed by atoms with Crippen LogP contribution < -0.4 is 10.6 Å². The Balaban J connectivity index is 2.25. The van der Waals surface area contributed by atoms with Gasteiger partial charge >= 0.3 is 5.97 Å². The largest absolute Gasteiger partial charge is 0.481 e. The number of para-hydroxylation sites is 1. The van der Waals surface area contributed by atoms with E-state index in [4.69, 9.17) is 14.6 Å². The minimum absolute atomic E-state index is 0.0391. The topological polar surface area (TPSA) is 96.9 Å². The number of nitrogens with one attached hydrogen (secondary N) is 2. The number of aliphatic carboxylic acids is 1.